The fraction of sp³-hybridized carbons (Fsp3) is 0.111. The molecule has 0 saturated heterocycles. The molecular formula is C18H17N3OS2. The molecule has 0 unspecified atom stereocenters. The molecule has 0 saturated carbocycles. The van der Waals surface area contributed by atoms with Crippen LogP contribution in [0.15, 0.2) is 47.8 Å². The summed E-state index contributed by atoms with van der Waals surface area (Å²) in [5.41, 5.74) is 9.21. The van der Waals surface area contributed by atoms with Crippen LogP contribution in [-0.2, 0) is 0 Å². The van der Waals surface area contributed by atoms with Crippen molar-refractivity contribution in [3.63, 3.8) is 0 Å². The predicted octanol–water partition coefficient (Wildman–Crippen LogP) is 4.15. The number of hydrazine groups is 1. The van der Waals surface area contributed by atoms with Crippen LogP contribution in [0.4, 0.5) is 5.69 Å². The standard InChI is InChI=1S/C18H17N3OS2/c1-11-7-12(2)9-13(8-11)19-18(23)21-20-17(22)15-10-24-16-6-4-3-5-14(15)16/h3-10H,1-2H3,(H,20,22)(H2,19,21,23). The lowest BCUT2D eigenvalue weighted by Gasteiger charge is -2.12. The highest BCUT2D eigenvalue weighted by Crippen LogP contribution is 2.25. The third-order valence-corrected chi connectivity index (χ3v) is 4.66. The lowest BCUT2D eigenvalue weighted by atomic mass is 10.1. The number of hydrogen-bond donors (Lipinski definition) is 3. The fourth-order valence-electron chi connectivity index (χ4n) is 2.54. The molecule has 0 aliphatic heterocycles. The number of benzene rings is 2. The molecular weight excluding hydrogens is 338 g/mol. The van der Waals surface area contributed by atoms with Crippen LogP contribution < -0.4 is 16.2 Å². The molecule has 122 valence electrons. The number of amides is 1. The van der Waals surface area contributed by atoms with E-state index in [-0.39, 0.29) is 5.91 Å². The zero-order valence-electron chi connectivity index (χ0n) is 13.3. The van der Waals surface area contributed by atoms with E-state index < -0.39 is 0 Å². The number of thiocarbonyl (C=S) groups is 1. The number of hydrogen-bond acceptors (Lipinski definition) is 3. The molecule has 0 aliphatic carbocycles. The Morgan fingerprint density at radius 2 is 1.75 bits per heavy atom. The van der Waals surface area contributed by atoms with E-state index in [1.807, 2.05) is 55.6 Å². The molecule has 4 nitrogen and oxygen atoms in total. The summed E-state index contributed by atoms with van der Waals surface area (Å²) in [5.74, 6) is -0.211. The zero-order chi connectivity index (χ0) is 17.1. The summed E-state index contributed by atoms with van der Waals surface area (Å²) < 4.78 is 1.08. The van der Waals surface area contributed by atoms with Gasteiger partial charge in [-0.05, 0) is 55.4 Å². The maximum atomic E-state index is 12.3. The van der Waals surface area contributed by atoms with Crippen molar-refractivity contribution in [1.82, 2.24) is 10.9 Å². The molecule has 3 rings (SSSR count). The zero-order valence-corrected chi connectivity index (χ0v) is 15.0. The Kier molecular flexibility index (Phi) is 4.78. The summed E-state index contributed by atoms with van der Waals surface area (Å²) in [5, 5.41) is 6.20. The first-order chi connectivity index (χ1) is 11.5. The van der Waals surface area contributed by atoms with Crippen LogP contribution >= 0.6 is 23.6 Å². The number of carbonyl (C=O) groups is 1. The van der Waals surface area contributed by atoms with Crippen LogP contribution in [0.5, 0.6) is 0 Å². The molecule has 0 fully saturated rings. The third-order valence-electron chi connectivity index (χ3n) is 3.49. The van der Waals surface area contributed by atoms with E-state index in [9.17, 15) is 4.79 Å². The highest BCUT2D eigenvalue weighted by molar-refractivity contribution is 7.80. The van der Waals surface area contributed by atoms with Crippen molar-refractivity contribution >= 4 is 50.3 Å². The molecule has 3 N–H and O–H groups in total. The lowest BCUT2D eigenvalue weighted by molar-refractivity contribution is 0.0946. The summed E-state index contributed by atoms with van der Waals surface area (Å²) in [6.07, 6.45) is 0. The van der Waals surface area contributed by atoms with Gasteiger partial charge >= 0.3 is 0 Å². The minimum absolute atomic E-state index is 0.211. The van der Waals surface area contributed by atoms with Gasteiger partial charge in [0.1, 0.15) is 0 Å². The van der Waals surface area contributed by atoms with Crippen molar-refractivity contribution in [3.8, 4) is 0 Å². The molecule has 1 amide bonds. The van der Waals surface area contributed by atoms with Gasteiger partial charge in [0.15, 0.2) is 5.11 Å². The van der Waals surface area contributed by atoms with Crippen molar-refractivity contribution in [2.24, 2.45) is 0 Å². The van der Waals surface area contributed by atoms with Gasteiger partial charge in [-0.25, -0.2) is 0 Å². The number of aryl methyl sites for hydroxylation is 2. The minimum atomic E-state index is -0.211. The lowest BCUT2D eigenvalue weighted by Crippen LogP contribution is -2.43. The van der Waals surface area contributed by atoms with E-state index in [4.69, 9.17) is 12.2 Å². The quantitative estimate of drug-likeness (QED) is 0.477. The molecule has 1 heterocycles. The van der Waals surface area contributed by atoms with Gasteiger partial charge in [0.2, 0.25) is 0 Å². The average Bonchev–Trinajstić information content (AvgIpc) is 2.95. The molecule has 0 atom stereocenters. The van der Waals surface area contributed by atoms with Gasteiger partial charge < -0.3 is 5.32 Å². The minimum Gasteiger partial charge on any atom is -0.331 e. The molecule has 0 radical (unpaired) electrons. The Morgan fingerprint density at radius 1 is 1.04 bits per heavy atom. The average molecular weight is 355 g/mol. The van der Waals surface area contributed by atoms with Gasteiger partial charge in [-0.3, -0.25) is 15.6 Å². The van der Waals surface area contributed by atoms with Crippen molar-refractivity contribution in [3.05, 3.63) is 64.5 Å². The van der Waals surface area contributed by atoms with Crippen LogP contribution in [-0.4, -0.2) is 11.0 Å². The second-order valence-electron chi connectivity index (χ2n) is 5.56. The van der Waals surface area contributed by atoms with Gasteiger partial charge in [0.25, 0.3) is 5.91 Å². The van der Waals surface area contributed by atoms with Crippen LogP contribution in [0.1, 0.15) is 21.5 Å². The summed E-state index contributed by atoms with van der Waals surface area (Å²) in [4.78, 5) is 12.3. The van der Waals surface area contributed by atoms with Crippen molar-refractivity contribution in [1.29, 1.82) is 0 Å². The van der Waals surface area contributed by atoms with Crippen LogP contribution in [0.25, 0.3) is 10.1 Å². The third kappa shape index (κ3) is 3.72. The fourth-order valence-corrected chi connectivity index (χ4v) is 3.65. The van der Waals surface area contributed by atoms with Gasteiger partial charge in [0.05, 0.1) is 5.56 Å². The number of nitrogens with one attached hydrogen (secondary N) is 3. The molecule has 6 heteroatoms. The molecule has 0 spiro atoms. The largest absolute Gasteiger partial charge is 0.331 e. The number of anilines is 1. The summed E-state index contributed by atoms with van der Waals surface area (Å²) in [6, 6.07) is 13.9. The molecule has 2 aromatic carbocycles. The first-order valence-electron chi connectivity index (χ1n) is 7.45. The summed E-state index contributed by atoms with van der Waals surface area (Å²) in [6.45, 7) is 4.05. The molecule has 24 heavy (non-hydrogen) atoms. The van der Waals surface area contributed by atoms with Crippen LogP contribution in [0.3, 0.4) is 0 Å². The van der Waals surface area contributed by atoms with E-state index in [1.54, 1.807) is 11.3 Å². The van der Waals surface area contributed by atoms with Crippen molar-refractivity contribution < 1.29 is 4.79 Å². The molecule has 3 aromatic rings. The Hall–Kier alpha value is -2.44. The predicted molar refractivity (Wildman–Crippen MR) is 105 cm³/mol. The van der Waals surface area contributed by atoms with E-state index >= 15 is 0 Å². The van der Waals surface area contributed by atoms with E-state index in [0.29, 0.717) is 10.7 Å². The smallest absolute Gasteiger partial charge is 0.271 e. The monoisotopic (exact) mass is 355 g/mol. The Labute approximate surface area is 149 Å². The first kappa shape index (κ1) is 16.4. The Balaban J connectivity index is 1.62. The number of thiophene rings is 1. The second-order valence-corrected chi connectivity index (χ2v) is 6.87. The van der Waals surface area contributed by atoms with Gasteiger partial charge in [-0.2, -0.15) is 0 Å². The van der Waals surface area contributed by atoms with E-state index in [0.717, 1.165) is 26.9 Å². The maximum Gasteiger partial charge on any atom is 0.271 e. The Bertz CT molecular complexity index is 897. The van der Waals surface area contributed by atoms with E-state index in [1.165, 1.54) is 0 Å². The first-order valence-corrected chi connectivity index (χ1v) is 8.73. The van der Waals surface area contributed by atoms with Crippen molar-refractivity contribution in [2.45, 2.75) is 13.8 Å². The van der Waals surface area contributed by atoms with Crippen LogP contribution in [0.2, 0.25) is 0 Å². The number of fused-ring (bicyclic) bond motifs is 1. The second kappa shape index (κ2) is 6.98. The molecule has 1 aromatic heterocycles. The van der Waals surface area contributed by atoms with Gasteiger partial charge in [-0.1, -0.05) is 24.3 Å². The van der Waals surface area contributed by atoms with Crippen LogP contribution in [0, 0.1) is 13.8 Å². The Morgan fingerprint density at radius 3 is 2.50 bits per heavy atom. The highest BCUT2D eigenvalue weighted by Gasteiger charge is 2.11. The SMILES string of the molecule is Cc1cc(C)cc(NC(=S)NNC(=O)c2csc3ccccc23)c1. The van der Waals surface area contributed by atoms with Gasteiger partial charge in [-0.15, -0.1) is 11.3 Å². The van der Waals surface area contributed by atoms with Crippen molar-refractivity contribution in [2.75, 3.05) is 5.32 Å². The summed E-state index contributed by atoms with van der Waals surface area (Å²) >= 11 is 6.78. The number of carbonyl (C=O) groups excluding carboxylic acids is 1. The number of rotatable bonds is 2. The molecule has 0 aliphatic rings. The topological polar surface area (TPSA) is 53.2 Å². The van der Waals surface area contributed by atoms with Gasteiger partial charge in [0, 0.05) is 21.2 Å². The maximum absolute atomic E-state index is 12.3. The van der Waals surface area contributed by atoms with E-state index in [2.05, 4.69) is 22.2 Å². The molecule has 0 bridgehead atoms. The highest BCUT2D eigenvalue weighted by atomic mass is 32.1. The summed E-state index contributed by atoms with van der Waals surface area (Å²) in [7, 11) is 0. The normalized spacial score (nSPS) is 10.4.